The molecule has 1 aliphatic heterocycles. The molecule has 1 unspecified atom stereocenters. The summed E-state index contributed by atoms with van der Waals surface area (Å²) in [6.07, 6.45) is -0.763. The van der Waals surface area contributed by atoms with Crippen molar-refractivity contribution in [2.75, 3.05) is 0 Å². The largest absolute Gasteiger partial charge is 0.450 e. The van der Waals surface area contributed by atoms with Crippen LogP contribution < -0.4 is 5.32 Å². The second kappa shape index (κ2) is 8.00. The van der Waals surface area contributed by atoms with E-state index in [0.717, 1.165) is 0 Å². The molecule has 1 aliphatic rings. The van der Waals surface area contributed by atoms with Crippen LogP contribution in [0.5, 0.6) is 0 Å². The molecular weight excluding hydrogens is 317 g/mol. The van der Waals surface area contributed by atoms with Crippen molar-refractivity contribution in [3.05, 3.63) is 0 Å². The van der Waals surface area contributed by atoms with Gasteiger partial charge in [0.05, 0.1) is 6.04 Å². The lowest BCUT2D eigenvalue weighted by molar-refractivity contribution is -0.173. The van der Waals surface area contributed by atoms with Gasteiger partial charge in [-0.05, 0) is 18.8 Å². The molecule has 0 saturated carbocycles. The molecule has 1 saturated heterocycles. The van der Waals surface area contributed by atoms with Gasteiger partial charge < -0.3 is 10.1 Å². The Labute approximate surface area is 139 Å². The summed E-state index contributed by atoms with van der Waals surface area (Å²) in [5.74, 6) is -1.53. The molecule has 0 spiro atoms. The average molecular weight is 343 g/mol. The molecule has 1 heterocycles. The fraction of sp³-hybridized carbons (Fsp3) is 0.750. The summed E-state index contributed by atoms with van der Waals surface area (Å²) >= 11 is 0. The van der Waals surface area contributed by atoms with E-state index in [2.05, 4.69) is 14.6 Å². The fourth-order valence-corrected chi connectivity index (χ4v) is 2.92. The molecule has 1 N–H and O–H groups in total. The van der Waals surface area contributed by atoms with Crippen molar-refractivity contribution in [3.8, 4) is 0 Å². The van der Waals surface area contributed by atoms with Crippen molar-refractivity contribution in [1.29, 1.82) is 0 Å². The predicted molar refractivity (Wildman–Crippen MR) is 88.8 cm³/mol. The minimum atomic E-state index is -0.866. The number of ketones is 2. The number of esters is 1. The number of Topliss-reactive ketones (excluding diaryl/α,β-unsaturated/α-hetero) is 2. The van der Waals surface area contributed by atoms with E-state index < -0.39 is 29.7 Å². The van der Waals surface area contributed by atoms with E-state index in [-0.39, 0.29) is 35.7 Å². The van der Waals surface area contributed by atoms with Crippen LogP contribution >= 0.6 is 9.24 Å². The third-order valence-electron chi connectivity index (χ3n) is 4.16. The van der Waals surface area contributed by atoms with Crippen LogP contribution in [0, 0.1) is 17.8 Å². The molecule has 1 fully saturated rings. The lowest BCUT2D eigenvalue weighted by Crippen LogP contribution is -2.58. The highest BCUT2D eigenvalue weighted by molar-refractivity contribution is 7.20. The van der Waals surface area contributed by atoms with Gasteiger partial charge in [0.15, 0.2) is 11.9 Å². The van der Waals surface area contributed by atoms with Gasteiger partial charge >= 0.3 is 5.97 Å². The maximum Gasteiger partial charge on any atom is 0.317 e. The zero-order valence-electron chi connectivity index (χ0n) is 14.3. The Balaban J connectivity index is 2.74. The minimum Gasteiger partial charge on any atom is -0.450 e. The van der Waals surface area contributed by atoms with E-state index in [9.17, 15) is 19.2 Å². The zero-order valence-corrected chi connectivity index (χ0v) is 15.4. The summed E-state index contributed by atoms with van der Waals surface area (Å²) in [6, 6.07) is -0.695. The second-order valence-corrected chi connectivity index (χ2v) is 7.46. The Morgan fingerprint density at radius 1 is 1.17 bits per heavy atom. The van der Waals surface area contributed by atoms with Gasteiger partial charge in [0.1, 0.15) is 11.4 Å². The number of amides is 1. The summed E-state index contributed by atoms with van der Waals surface area (Å²) in [7, 11) is 2.26. The smallest absolute Gasteiger partial charge is 0.317 e. The Bertz CT molecular complexity index is 503. The lowest BCUT2D eigenvalue weighted by Gasteiger charge is -2.33. The number of ether oxygens (including phenoxy) is 1. The van der Waals surface area contributed by atoms with Gasteiger partial charge in [-0.15, -0.1) is 9.24 Å². The molecule has 0 aromatic heterocycles. The summed E-state index contributed by atoms with van der Waals surface area (Å²) in [5, 5.41) is 2.66. The number of cyclic esters (lactones) is 1. The SMILES string of the molecule is CC(=O)[C@@H](CC(=O)[C@@H](NC(=O)[C@@H]1OC(=O)[C@H]1P)C(C)C)C(C)C. The summed E-state index contributed by atoms with van der Waals surface area (Å²) in [4.78, 5) is 47.4. The van der Waals surface area contributed by atoms with Gasteiger partial charge in [0.25, 0.3) is 5.91 Å². The van der Waals surface area contributed by atoms with Crippen molar-refractivity contribution in [2.24, 2.45) is 17.8 Å². The Morgan fingerprint density at radius 3 is 2.09 bits per heavy atom. The summed E-state index contributed by atoms with van der Waals surface area (Å²) < 4.78 is 4.79. The third-order valence-corrected chi connectivity index (χ3v) is 4.78. The Kier molecular flexibility index (Phi) is 6.87. The molecule has 6 nitrogen and oxygen atoms in total. The highest BCUT2D eigenvalue weighted by Crippen LogP contribution is 2.24. The van der Waals surface area contributed by atoms with Gasteiger partial charge in [-0.3, -0.25) is 19.2 Å². The maximum absolute atomic E-state index is 12.5. The van der Waals surface area contributed by atoms with Crippen LogP contribution in [0.1, 0.15) is 41.0 Å². The molecule has 1 rings (SSSR count). The van der Waals surface area contributed by atoms with Crippen LogP contribution in [-0.4, -0.2) is 41.2 Å². The monoisotopic (exact) mass is 343 g/mol. The van der Waals surface area contributed by atoms with Gasteiger partial charge in [-0.2, -0.15) is 0 Å². The fourth-order valence-electron chi connectivity index (χ4n) is 2.59. The Hall–Kier alpha value is -1.29. The van der Waals surface area contributed by atoms with E-state index in [0.29, 0.717) is 0 Å². The first kappa shape index (κ1) is 19.8. The topological polar surface area (TPSA) is 89.5 Å². The Morgan fingerprint density at radius 2 is 1.74 bits per heavy atom. The summed E-state index contributed by atoms with van der Waals surface area (Å²) in [6.45, 7) is 8.93. The van der Waals surface area contributed by atoms with Crippen LogP contribution in [0.15, 0.2) is 0 Å². The van der Waals surface area contributed by atoms with Gasteiger partial charge in [-0.25, -0.2) is 0 Å². The van der Waals surface area contributed by atoms with Gasteiger partial charge in [0.2, 0.25) is 0 Å². The van der Waals surface area contributed by atoms with Gasteiger partial charge in [0, 0.05) is 12.3 Å². The van der Waals surface area contributed by atoms with Crippen LogP contribution in [0.25, 0.3) is 0 Å². The number of nitrogens with one attached hydrogen (secondary N) is 1. The first-order valence-corrected chi connectivity index (χ1v) is 8.52. The highest BCUT2D eigenvalue weighted by atomic mass is 31.0. The van der Waals surface area contributed by atoms with Crippen molar-refractivity contribution < 1.29 is 23.9 Å². The van der Waals surface area contributed by atoms with E-state index in [1.54, 1.807) is 0 Å². The molecule has 23 heavy (non-hydrogen) atoms. The van der Waals surface area contributed by atoms with Crippen molar-refractivity contribution in [2.45, 2.75) is 58.8 Å². The van der Waals surface area contributed by atoms with Crippen LogP contribution in [-0.2, 0) is 23.9 Å². The second-order valence-electron chi connectivity index (χ2n) is 6.75. The number of hydrogen-bond acceptors (Lipinski definition) is 5. The van der Waals surface area contributed by atoms with Crippen molar-refractivity contribution >= 4 is 32.7 Å². The average Bonchev–Trinajstić information content (AvgIpc) is 2.45. The lowest BCUT2D eigenvalue weighted by atomic mass is 9.84. The predicted octanol–water partition coefficient (Wildman–Crippen LogP) is 1.12. The van der Waals surface area contributed by atoms with E-state index in [4.69, 9.17) is 4.74 Å². The third kappa shape index (κ3) is 4.84. The van der Waals surface area contributed by atoms with Crippen LogP contribution in [0.2, 0.25) is 0 Å². The maximum atomic E-state index is 12.5. The quantitative estimate of drug-likeness (QED) is 0.527. The molecule has 0 aromatic carbocycles. The standard InChI is InChI=1S/C16H26NO5P/c1-7(2)10(9(5)18)6-11(19)12(8(3)4)17-15(20)13-14(23)16(21)22-13/h7-8,10,12-14H,6,23H2,1-5H3,(H,17,20)/t10-,12-,13+,14-/m0/s1. The van der Waals surface area contributed by atoms with Crippen molar-refractivity contribution in [1.82, 2.24) is 5.32 Å². The molecule has 130 valence electrons. The van der Waals surface area contributed by atoms with Crippen molar-refractivity contribution in [3.63, 3.8) is 0 Å². The number of rotatable bonds is 8. The molecule has 5 atom stereocenters. The van der Waals surface area contributed by atoms with Crippen LogP contribution in [0.3, 0.4) is 0 Å². The van der Waals surface area contributed by atoms with E-state index >= 15 is 0 Å². The molecule has 7 heteroatoms. The number of carbonyl (C=O) groups excluding carboxylic acids is 4. The first-order chi connectivity index (χ1) is 10.6. The first-order valence-electron chi connectivity index (χ1n) is 7.85. The molecule has 0 aromatic rings. The molecule has 0 bridgehead atoms. The number of hydrogen-bond donors (Lipinski definition) is 1. The van der Waals surface area contributed by atoms with E-state index in [1.165, 1.54) is 6.92 Å². The zero-order chi connectivity index (χ0) is 17.9. The molecule has 0 radical (unpaired) electrons. The minimum absolute atomic E-state index is 0.0277. The summed E-state index contributed by atoms with van der Waals surface area (Å²) in [5.41, 5.74) is -0.571. The number of carbonyl (C=O) groups is 4. The molecule has 1 amide bonds. The van der Waals surface area contributed by atoms with E-state index in [1.807, 2.05) is 27.7 Å². The molecule has 0 aliphatic carbocycles. The molecular formula is C16H26NO5P. The highest BCUT2D eigenvalue weighted by Gasteiger charge is 2.45. The van der Waals surface area contributed by atoms with Gasteiger partial charge in [-0.1, -0.05) is 27.7 Å². The van der Waals surface area contributed by atoms with Crippen LogP contribution in [0.4, 0.5) is 0 Å². The normalized spacial score (nSPS) is 23.0.